The molecular weight excluding hydrogens is 1190 g/mol. The standard InChI is InChI=1S/C66H106O25/c1-32-54(69)60(75-15)61(85-39(8)68)62(83-32)89-57-35(4)81-52(27-47(57)73-13)87-55-33(2)79-51(25-45(55)71-11)86-56-34(3)80-53(26-46(56)72-12)88-58-37(6)90-66(29-49(58)74-14)78-31-77-48-28-50(82-36(5)59(48)91-66)84-38(7)65(70)23-20-44-42-17-16-40-24-41(76-30-67)18-21-63(40,9)43(42)19-22-64(44,65)10/h16,30,32-38,41-62,69-70H,17-29,31H2,1-15H3/t32-,33-,34-,35-,36-,37-,38+,41+,42-,43+,44+,45+,46+,47+,48-,49-,50+,51+,52+,53+,54+,55-,56-,57-,58-,59-,60+,61-,62+,63+,64+,65+,66-/m1/s1. The van der Waals surface area contributed by atoms with Crippen LogP contribution in [0, 0.1) is 28.6 Å². The number of carbonyl (C=O) groups excluding carboxylic acids is 2. The van der Waals surface area contributed by atoms with E-state index in [2.05, 4.69) is 19.9 Å². The molecule has 520 valence electrons. The molecule has 0 aromatic heterocycles. The van der Waals surface area contributed by atoms with Crippen LogP contribution >= 0.6 is 0 Å². The zero-order valence-corrected chi connectivity index (χ0v) is 56.1. The minimum Gasteiger partial charge on any atom is -0.464 e. The molecule has 0 bridgehead atoms. The van der Waals surface area contributed by atoms with Gasteiger partial charge in [-0.25, -0.2) is 0 Å². The maximum atomic E-state index is 12.9. The molecule has 0 aromatic carbocycles. The van der Waals surface area contributed by atoms with Crippen molar-refractivity contribution in [2.75, 3.05) is 42.3 Å². The molecule has 3 saturated carbocycles. The van der Waals surface area contributed by atoms with Gasteiger partial charge >= 0.3 is 5.97 Å². The Morgan fingerprint density at radius 3 is 1.78 bits per heavy atom. The summed E-state index contributed by atoms with van der Waals surface area (Å²) < 4.78 is 133. The average molecular weight is 1300 g/mol. The number of rotatable bonds is 19. The Balaban J connectivity index is 0.653. The maximum absolute atomic E-state index is 12.9. The highest BCUT2D eigenvalue weighted by Gasteiger charge is 2.66. The van der Waals surface area contributed by atoms with Crippen molar-refractivity contribution in [3.05, 3.63) is 11.6 Å². The van der Waals surface area contributed by atoms with E-state index in [1.165, 1.54) is 19.6 Å². The normalized spacial score (nSPS) is 51.3. The van der Waals surface area contributed by atoms with Gasteiger partial charge in [0.25, 0.3) is 12.4 Å². The fourth-order valence-corrected chi connectivity index (χ4v) is 18.3. The van der Waals surface area contributed by atoms with E-state index >= 15 is 0 Å². The third-order valence-electron chi connectivity index (χ3n) is 23.3. The average Bonchev–Trinajstić information content (AvgIpc) is 1.64. The second-order valence-corrected chi connectivity index (χ2v) is 28.3. The minimum atomic E-state index is -1.54. The topological polar surface area (TPSA) is 268 Å². The number of aliphatic hydroxyl groups is 2. The van der Waals surface area contributed by atoms with Crippen LogP contribution in [-0.4, -0.2) is 236 Å². The van der Waals surface area contributed by atoms with Crippen molar-refractivity contribution in [2.24, 2.45) is 28.6 Å². The van der Waals surface area contributed by atoms with Gasteiger partial charge in [-0.05, 0) is 117 Å². The zero-order valence-electron chi connectivity index (χ0n) is 56.1. The lowest BCUT2D eigenvalue weighted by Crippen LogP contribution is -2.62. The number of esters is 1. The smallest absolute Gasteiger partial charge is 0.303 e. The van der Waals surface area contributed by atoms with Crippen molar-refractivity contribution in [3.8, 4) is 0 Å². The van der Waals surface area contributed by atoms with Gasteiger partial charge in [-0.3, -0.25) is 9.59 Å². The molecule has 7 saturated heterocycles. The summed E-state index contributed by atoms with van der Waals surface area (Å²) in [5.74, 6) is -0.761. The second-order valence-electron chi connectivity index (χ2n) is 28.3. The van der Waals surface area contributed by atoms with Gasteiger partial charge in [-0.15, -0.1) is 0 Å². The van der Waals surface area contributed by atoms with Crippen molar-refractivity contribution < 1.29 is 119 Å². The number of ether oxygens (including phenoxy) is 21. The molecule has 10 fully saturated rings. The Morgan fingerprint density at radius 1 is 0.637 bits per heavy atom. The molecule has 0 radical (unpaired) electrons. The molecular formula is C66H106O25. The fraction of sp³-hybridized carbons (Fsp3) is 0.939. The van der Waals surface area contributed by atoms with Gasteiger partial charge in [-0.1, -0.05) is 25.5 Å². The lowest BCUT2D eigenvalue weighted by atomic mass is 9.46. The number of hydrogen-bond donors (Lipinski definition) is 2. The van der Waals surface area contributed by atoms with Crippen LogP contribution in [-0.2, 0) is 109 Å². The molecule has 1 spiro atoms. The van der Waals surface area contributed by atoms with Gasteiger partial charge in [0.15, 0.2) is 44.3 Å². The highest BCUT2D eigenvalue weighted by atomic mass is 16.9. The number of fused-ring (bicyclic) bond motifs is 6. The number of carbonyl (C=O) groups is 2. The van der Waals surface area contributed by atoms with Crippen molar-refractivity contribution >= 4 is 12.4 Å². The lowest BCUT2D eigenvalue weighted by Gasteiger charge is -2.59. The first-order valence-electron chi connectivity index (χ1n) is 33.6. The van der Waals surface area contributed by atoms with E-state index in [1.807, 2.05) is 41.5 Å². The summed E-state index contributed by atoms with van der Waals surface area (Å²) in [6.45, 7) is 19.7. The molecule has 0 aromatic rings. The van der Waals surface area contributed by atoms with Crippen molar-refractivity contribution in [1.29, 1.82) is 0 Å². The van der Waals surface area contributed by atoms with E-state index in [9.17, 15) is 19.8 Å². The molecule has 7 aliphatic heterocycles. The highest BCUT2D eigenvalue weighted by Crippen LogP contribution is 2.68. The molecule has 33 atom stereocenters. The first-order valence-corrected chi connectivity index (χ1v) is 33.6. The van der Waals surface area contributed by atoms with Gasteiger partial charge < -0.3 is 110 Å². The summed E-state index contributed by atoms with van der Waals surface area (Å²) in [7, 11) is 7.89. The molecule has 11 rings (SSSR count). The van der Waals surface area contributed by atoms with Crippen LogP contribution in [0.25, 0.3) is 0 Å². The van der Waals surface area contributed by atoms with Crippen molar-refractivity contribution in [2.45, 2.75) is 324 Å². The first kappa shape index (κ1) is 70.2. The Morgan fingerprint density at radius 2 is 1.21 bits per heavy atom. The van der Waals surface area contributed by atoms with Crippen LogP contribution in [0.2, 0.25) is 0 Å². The van der Waals surface area contributed by atoms with Gasteiger partial charge in [0, 0.05) is 80.0 Å². The molecule has 25 nitrogen and oxygen atoms in total. The molecule has 0 unspecified atom stereocenters. The minimum absolute atomic E-state index is 0.0381. The first-order chi connectivity index (χ1) is 43.4. The number of allylic oxidation sites excluding steroid dienone is 1. The summed E-state index contributed by atoms with van der Waals surface area (Å²) >= 11 is 0. The summed E-state index contributed by atoms with van der Waals surface area (Å²) in [5.41, 5.74) is 0.146. The van der Waals surface area contributed by atoms with Gasteiger partial charge in [-0.2, -0.15) is 0 Å². The van der Waals surface area contributed by atoms with Crippen LogP contribution in [0.15, 0.2) is 11.6 Å². The fourth-order valence-electron chi connectivity index (χ4n) is 18.3. The number of hydrogen-bond acceptors (Lipinski definition) is 25. The van der Waals surface area contributed by atoms with E-state index in [4.69, 9.17) is 99.5 Å². The van der Waals surface area contributed by atoms with Crippen LogP contribution in [0.4, 0.5) is 0 Å². The predicted octanol–water partition coefficient (Wildman–Crippen LogP) is 6.04. The summed E-state index contributed by atoms with van der Waals surface area (Å²) in [6.07, 6.45) is -5.06. The van der Waals surface area contributed by atoms with E-state index in [0.717, 1.165) is 44.9 Å². The Bertz CT molecular complexity index is 2460. The molecule has 7 heterocycles. The van der Waals surface area contributed by atoms with Gasteiger partial charge in [0.05, 0.1) is 85.3 Å². The lowest BCUT2D eigenvalue weighted by molar-refractivity contribution is -0.447. The maximum Gasteiger partial charge on any atom is 0.303 e. The molecule has 11 aliphatic rings. The third-order valence-corrected chi connectivity index (χ3v) is 23.3. The quantitative estimate of drug-likeness (QED) is 0.0848. The summed E-state index contributed by atoms with van der Waals surface area (Å²) in [5, 5.41) is 23.7. The Hall–Kier alpha value is -2.16. The largest absolute Gasteiger partial charge is 0.464 e. The molecule has 0 amide bonds. The van der Waals surface area contributed by atoms with Gasteiger partial charge in [0.2, 0.25) is 0 Å². The van der Waals surface area contributed by atoms with E-state index in [0.29, 0.717) is 49.9 Å². The Kier molecular flexibility index (Phi) is 22.2. The summed E-state index contributed by atoms with van der Waals surface area (Å²) in [6, 6.07) is 0. The van der Waals surface area contributed by atoms with Crippen molar-refractivity contribution in [1.82, 2.24) is 0 Å². The van der Waals surface area contributed by atoms with E-state index < -0.39 is 171 Å². The summed E-state index contributed by atoms with van der Waals surface area (Å²) in [4.78, 5) is 23.3. The molecule has 2 N–H and O–H groups in total. The van der Waals surface area contributed by atoms with Gasteiger partial charge in [0.1, 0.15) is 48.8 Å². The predicted molar refractivity (Wildman–Crippen MR) is 317 cm³/mol. The van der Waals surface area contributed by atoms with Crippen LogP contribution < -0.4 is 0 Å². The number of aliphatic hydroxyl groups excluding tert-OH is 1. The highest BCUT2D eigenvalue weighted by molar-refractivity contribution is 5.66. The van der Waals surface area contributed by atoms with E-state index in [-0.39, 0.29) is 36.6 Å². The second kappa shape index (κ2) is 28.7. The van der Waals surface area contributed by atoms with Crippen LogP contribution in [0.3, 0.4) is 0 Å². The zero-order chi connectivity index (χ0) is 65.1. The van der Waals surface area contributed by atoms with Crippen LogP contribution in [0.1, 0.15) is 153 Å². The number of methoxy groups -OCH3 is 5. The third kappa shape index (κ3) is 13.8. The molecule has 25 heteroatoms. The van der Waals surface area contributed by atoms with E-state index in [1.54, 1.807) is 35.4 Å². The molecule has 4 aliphatic carbocycles. The van der Waals surface area contributed by atoms with Crippen molar-refractivity contribution in [3.63, 3.8) is 0 Å². The van der Waals surface area contributed by atoms with Crippen LogP contribution in [0.5, 0.6) is 0 Å². The monoisotopic (exact) mass is 1300 g/mol. The Labute approximate surface area is 536 Å². The SMILES string of the molecule is CO[C@H]1[C@@H](O)[C@@H](C)O[C@@H](O[C@H]2[C@@H](OC)C[C@H](O[C@H]3[C@@H](OC)C[C@H](O[C@H]4[C@@H](OC)C[C@H](O[C@@H]5[C@@H](C)O[C@@]6(C[C@H]5OC)OCO[C@@H]5C[C@H](O[C@@H](C)[C@@]7(O)CC[C@H]8[C@@H]9CC=C%10C[C@@H](OC=O)CC[C@]%10(C)[C@H]9CC[C@@]87C)O[C@H](C)[C@H]5O6)O[C@@H]4C)O[C@@H]3C)O[C@@H]2C)[C@@H]1OC(C)=O. The molecule has 91 heavy (non-hydrogen) atoms.